The predicted octanol–water partition coefficient (Wildman–Crippen LogP) is 3.95. The molecule has 24 heavy (non-hydrogen) atoms. The molecule has 126 valence electrons. The number of aryl methyl sites for hydroxylation is 1. The van der Waals surface area contributed by atoms with Crippen molar-refractivity contribution < 1.29 is 14.3 Å². The summed E-state index contributed by atoms with van der Waals surface area (Å²) in [5.74, 6) is 1.17. The van der Waals surface area contributed by atoms with Crippen LogP contribution >= 0.6 is 11.8 Å². The number of ketones is 1. The summed E-state index contributed by atoms with van der Waals surface area (Å²) in [5, 5.41) is 2.83. The van der Waals surface area contributed by atoms with Gasteiger partial charge >= 0.3 is 0 Å². The number of carbonyl (C=O) groups excluding carboxylic acids is 2. The summed E-state index contributed by atoms with van der Waals surface area (Å²) >= 11 is 1.31. The van der Waals surface area contributed by atoms with Crippen molar-refractivity contribution in [3.8, 4) is 5.75 Å². The van der Waals surface area contributed by atoms with Gasteiger partial charge in [0, 0.05) is 11.3 Å². The molecule has 0 spiro atoms. The molecule has 4 nitrogen and oxygen atoms in total. The van der Waals surface area contributed by atoms with Crippen LogP contribution in [-0.4, -0.2) is 29.8 Å². The highest BCUT2D eigenvalue weighted by Gasteiger charge is 2.09. The topological polar surface area (TPSA) is 55.4 Å². The molecule has 0 saturated heterocycles. The Morgan fingerprint density at radius 2 is 1.83 bits per heavy atom. The van der Waals surface area contributed by atoms with Crippen LogP contribution in [0.3, 0.4) is 0 Å². The van der Waals surface area contributed by atoms with E-state index in [-0.39, 0.29) is 23.2 Å². The molecule has 0 atom stereocenters. The van der Waals surface area contributed by atoms with E-state index in [0.29, 0.717) is 12.2 Å². The minimum Gasteiger partial charge on any atom is -0.494 e. The zero-order chi connectivity index (χ0) is 17.4. The molecule has 0 bridgehead atoms. The van der Waals surface area contributed by atoms with Crippen molar-refractivity contribution in [3.05, 3.63) is 59.7 Å². The number of nitrogens with one attached hydrogen (secondary N) is 1. The second-order valence-electron chi connectivity index (χ2n) is 5.29. The molecule has 0 aromatic heterocycles. The average molecular weight is 343 g/mol. The van der Waals surface area contributed by atoms with E-state index in [1.54, 1.807) is 24.3 Å². The lowest BCUT2D eigenvalue weighted by Gasteiger charge is -2.06. The van der Waals surface area contributed by atoms with Crippen LogP contribution in [0.4, 0.5) is 5.69 Å². The maximum atomic E-state index is 12.1. The molecule has 0 unspecified atom stereocenters. The number of hydrogen-bond donors (Lipinski definition) is 1. The Morgan fingerprint density at radius 1 is 1.08 bits per heavy atom. The van der Waals surface area contributed by atoms with Crippen LogP contribution in [0.5, 0.6) is 5.75 Å². The summed E-state index contributed by atoms with van der Waals surface area (Å²) in [6.07, 6.45) is 0. The van der Waals surface area contributed by atoms with Crippen LogP contribution in [0.2, 0.25) is 0 Å². The molecule has 0 fully saturated rings. The molecule has 1 N–H and O–H groups in total. The van der Waals surface area contributed by atoms with E-state index in [0.717, 1.165) is 17.0 Å². The zero-order valence-corrected chi connectivity index (χ0v) is 14.7. The molecule has 0 aliphatic carbocycles. The Kier molecular flexibility index (Phi) is 6.88. The molecular formula is C19H21NO3S. The Balaban J connectivity index is 1.76. The molecule has 1 amide bonds. The third-order valence-electron chi connectivity index (χ3n) is 3.26. The van der Waals surface area contributed by atoms with Gasteiger partial charge in [-0.15, -0.1) is 11.8 Å². The quantitative estimate of drug-likeness (QED) is 0.738. The lowest BCUT2D eigenvalue weighted by atomic mass is 10.1. The molecule has 2 aromatic rings. The summed E-state index contributed by atoms with van der Waals surface area (Å²) in [4.78, 5) is 24.0. The van der Waals surface area contributed by atoms with Gasteiger partial charge < -0.3 is 10.1 Å². The second-order valence-corrected chi connectivity index (χ2v) is 6.28. The standard InChI is InChI=1S/C19H21NO3S/c1-3-23-17-9-7-15(8-10-17)18(21)12-24-13-19(22)20-16-6-4-5-14(2)11-16/h4-11H,3,12-13H2,1-2H3,(H,20,22). The first-order chi connectivity index (χ1) is 11.6. The number of ether oxygens (including phenoxy) is 1. The second kappa shape index (κ2) is 9.13. The monoisotopic (exact) mass is 343 g/mol. The number of Topliss-reactive ketones (excluding diaryl/α,β-unsaturated/α-hetero) is 1. The van der Waals surface area contributed by atoms with Crippen molar-refractivity contribution >= 4 is 29.1 Å². The number of hydrogen-bond acceptors (Lipinski definition) is 4. The fraction of sp³-hybridized carbons (Fsp3) is 0.263. The van der Waals surface area contributed by atoms with Crippen molar-refractivity contribution in [3.63, 3.8) is 0 Å². The lowest BCUT2D eigenvalue weighted by molar-refractivity contribution is -0.113. The van der Waals surface area contributed by atoms with Crippen LogP contribution in [-0.2, 0) is 4.79 Å². The highest BCUT2D eigenvalue weighted by atomic mass is 32.2. The van der Waals surface area contributed by atoms with Crippen molar-refractivity contribution in [1.29, 1.82) is 0 Å². The number of carbonyl (C=O) groups is 2. The van der Waals surface area contributed by atoms with Crippen molar-refractivity contribution in [1.82, 2.24) is 0 Å². The van der Waals surface area contributed by atoms with E-state index in [1.807, 2.05) is 38.1 Å². The van der Waals surface area contributed by atoms with Gasteiger partial charge in [-0.3, -0.25) is 9.59 Å². The van der Waals surface area contributed by atoms with Crippen LogP contribution in [0, 0.1) is 6.92 Å². The van der Waals surface area contributed by atoms with E-state index in [1.165, 1.54) is 11.8 Å². The highest BCUT2D eigenvalue weighted by Crippen LogP contribution is 2.15. The summed E-state index contributed by atoms with van der Waals surface area (Å²) in [6, 6.07) is 14.7. The van der Waals surface area contributed by atoms with Gasteiger partial charge in [0.05, 0.1) is 18.1 Å². The summed E-state index contributed by atoms with van der Waals surface area (Å²) in [5.41, 5.74) is 2.50. The molecular weight excluding hydrogens is 322 g/mol. The molecule has 0 aliphatic heterocycles. The zero-order valence-electron chi connectivity index (χ0n) is 13.9. The van der Waals surface area contributed by atoms with Gasteiger partial charge in [-0.05, 0) is 55.8 Å². The van der Waals surface area contributed by atoms with E-state index < -0.39 is 0 Å². The molecule has 0 saturated carbocycles. The predicted molar refractivity (Wildman–Crippen MR) is 99.1 cm³/mol. The number of anilines is 1. The van der Waals surface area contributed by atoms with Crippen LogP contribution in [0.1, 0.15) is 22.8 Å². The van der Waals surface area contributed by atoms with Gasteiger partial charge in [-0.2, -0.15) is 0 Å². The highest BCUT2D eigenvalue weighted by molar-refractivity contribution is 8.00. The van der Waals surface area contributed by atoms with Gasteiger partial charge in [0.25, 0.3) is 0 Å². The SMILES string of the molecule is CCOc1ccc(C(=O)CSCC(=O)Nc2cccc(C)c2)cc1. The molecule has 0 aliphatic rings. The first-order valence-electron chi connectivity index (χ1n) is 7.79. The van der Waals surface area contributed by atoms with Gasteiger partial charge in [0.1, 0.15) is 5.75 Å². The van der Waals surface area contributed by atoms with E-state index in [2.05, 4.69) is 5.32 Å². The number of benzene rings is 2. The number of amides is 1. The van der Waals surface area contributed by atoms with Gasteiger partial charge in [-0.1, -0.05) is 12.1 Å². The summed E-state index contributed by atoms with van der Waals surface area (Å²) in [7, 11) is 0. The first-order valence-corrected chi connectivity index (χ1v) is 8.94. The van der Waals surface area contributed by atoms with Crippen molar-refractivity contribution in [2.24, 2.45) is 0 Å². The van der Waals surface area contributed by atoms with Crippen LogP contribution in [0.15, 0.2) is 48.5 Å². The lowest BCUT2D eigenvalue weighted by Crippen LogP contribution is -2.15. The van der Waals surface area contributed by atoms with E-state index in [4.69, 9.17) is 4.74 Å². The summed E-state index contributed by atoms with van der Waals surface area (Å²) < 4.78 is 5.35. The number of thioether (sulfide) groups is 1. The smallest absolute Gasteiger partial charge is 0.234 e. The van der Waals surface area contributed by atoms with Gasteiger partial charge in [-0.25, -0.2) is 0 Å². The van der Waals surface area contributed by atoms with Crippen molar-refractivity contribution in [2.75, 3.05) is 23.4 Å². The largest absolute Gasteiger partial charge is 0.494 e. The summed E-state index contributed by atoms with van der Waals surface area (Å²) in [6.45, 7) is 4.48. The minimum atomic E-state index is -0.106. The van der Waals surface area contributed by atoms with Gasteiger partial charge in [0.15, 0.2) is 5.78 Å². The van der Waals surface area contributed by atoms with E-state index in [9.17, 15) is 9.59 Å². The van der Waals surface area contributed by atoms with Gasteiger partial charge in [0.2, 0.25) is 5.91 Å². The van der Waals surface area contributed by atoms with Crippen LogP contribution in [0.25, 0.3) is 0 Å². The molecule has 0 heterocycles. The maximum absolute atomic E-state index is 12.1. The minimum absolute atomic E-state index is 0.00593. The normalized spacial score (nSPS) is 10.2. The molecule has 2 aromatic carbocycles. The van der Waals surface area contributed by atoms with Crippen LogP contribution < -0.4 is 10.1 Å². The third kappa shape index (κ3) is 5.74. The number of rotatable bonds is 8. The molecule has 5 heteroatoms. The fourth-order valence-corrected chi connectivity index (χ4v) is 2.86. The first kappa shape index (κ1) is 18.1. The third-order valence-corrected chi connectivity index (χ3v) is 4.19. The maximum Gasteiger partial charge on any atom is 0.234 e. The Bertz CT molecular complexity index is 698. The average Bonchev–Trinajstić information content (AvgIpc) is 2.55. The molecule has 2 rings (SSSR count). The van der Waals surface area contributed by atoms with Crippen molar-refractivity contribution in [2.45, 2.75) is 13.8 Å². The Hall–Kier alpha value is -2.27. The molecule has 0 radical (unpaired) electrons. The fourth-order valence-electron chi connectivity index (χ4n) is 2.14. The van der Waals surface area contributed by atoms with E-state index >= 15 is 0 Å². The Labute approximate surface area is 146 Å². The Morgan fingerprint density at radius 3 is 2.50 bits per heavy atom.